The molecule has 0 aliphatic heterocycles. The zero-order chi connectivity index (χ0) is 5.86. The van der Waals surface area contributed by atoms with E-state index in [1.165, 1.54) is 7.05 Å². The lowest BCUT2D eigenvalue weighted by Gasteiger charge is -2.00. The molecule has 0 saturated heterocycles. The third-order valence-electron chi connectivity index (χ3n) is 0.543. The second-order valence-corrected chi connectivity index (χ2v) is 1.08. The van der Waals surface area contributed by atoms with Gasteiger partial charge in [0, 0.05) is 0 Å². The highest BCUT2D eigenvalue weighted by molar-refractivity contribution is 4.17. The maximum atomic E-state index is 9.58. The molecule has 0 aromatic heterocycles. The molecule has 0 heterocycles. The second-order valence-electron chi connectivity index (χ2n) is 1.08. The van der Waals surface area contributed by atoms with Crippen molar-refractivity contribution in [2.45, 2.75) is 0 Å². The Morgan fingerprint density at radius 2 is 2.43 bits per heavy atom. The number of nitrogens with zero attached hydrogens (tertiary/aromatic N) is 2. The van der Waals surface area contributed by atoms with Gasteiger partial charge in [-0.15, -0.1) is 5.01 Å². The molecule has 42 valence electrons. The topological polar surface area (TPSA) is 72.4 Å². The minimum atomic E-state index is -0.569. The van der Waals surface area contributed by atoms with E-state index in [1.54, 1.807) is 0 Å². The summed E-state index contributed by atoms with van der Waals surface area (Å²) in [6.07, 6.45) is 0. The molecule has 0 aliphatic rings. The fourth-order valence-electron chi connectivity index (χ4n) is 0.0667. The van der Waals surface area contributed by atoms with Crippen molar-refractivity contribution in [2.24, 2.45) is 5.73 Å². The highest BCUT2D eigenvalue weighted by Gasteiger charge is 1.99. The van der Waals surface area contributed by atoms with Gasteiger partial charge in [0.15, 0.2) is 5.03 Å². The summed E-state index contributed by atoms with van der Waals surface area (Å²) in [6.45, 7) is -0.0486. The molecule has 0 unspecified atom stereocenters. The van der Waals surface area contributed by atoms with Crippen LogP contribution in [-0.2, 0) is 0 Å². The van der Waals surface area contributed by atoms with Gasteiger partial charge in [0.25, 0.3) is 0 Å². The summed E-state index contributed by atoms with van der Waals surface area (Å²) in [5.41, 5.74) is 4.86. The molecule has 0 atom stereocenters. The predicted molar refractivity (Wildman–Crippen MR) is 23.8 cm³/mol. The molecule has 0 bridgehead atoms. The number of nitrogens with two attached hydrogens (primary N) is 1. The van der Waals surface area contributed by atoms with E-state index in [1.807, 2.05) is 0 Å². The van der Waals surface area contributed by atoms with Gasteiger partial charge in [0.05, 0.1) is 7.05 Å². The Morgan fingerprint density at radius 1 is 2.00 bits per heavy atom. The fourth-order valence-corrected chi connectivity index (χ4v) is 0.0667. The van der Waals surface area contributed by atoms with Crippen LogP contribution in [0.25, 0.3) is 0 Å². The molecule has 0 amide bonds. The summed E-state index contributed by atoms with van der Waals surface area (Å²) in [7, 11) is 1.31. The van der Waals surface area contributed by atoms with Crippen molar-refractivity contribution in [3.05, 3.63) is 10.1 Å². The van der Waals surface area contributed by atoms with Gasteiger partial charge in [-0.1, -0.05) is 0 Å². The van der Waals surface area contributed by atoms with Crippen LogP contribution in [0, 0.1) is 10.1 Å². The van der Waals surface area contributed by atoms with Gasteiger partial charge < -0.3 is 5.73 Å². The number of nitro groups is 1. The molecule has 0 aromatic rings. The minimum absolute atomic E-state index is 0.0486. The fraction of sp³-hybridized carbons (Fsp3) is 1.00. The summed E-state index contributed by atoms with van der Waals surface area (Å²) in [5, 5.41) is 9.80. The van der Waals surface area contributed by atoms with Crippen LogP contribution in [0.2, 0.25) is 0 Å². The summed E-state index contributed by atoms with van der Waals surface area (Å²) in [6, 6.07) is 0. The highest BCUT2D eigenvalue weighted by Crippen LogP contribution is 1.72. The Hall–Kier alpha value is -0.840. The Kier molecular flexibility index (Phi) is 2.07. The molecule has 7 heavy (non-hydrogen) atoms. The van der Waals surface area contributed by atoms with E-state index in [0.29, 0.717) is 0 Å². The number of hydrogen-bond donors (Lipinski definition) is 1. The van der Waals surface area contributed by atoms with Crippen LogP contribution >= 0.6 is 0 Å². The molecule has 0 spiro atoms. The van der Waals surface area contributed by atoms with E-state index in [-0.39, 0.29) is 6.67 Å². The zero-order valence-corrected chi connectivity index (χ0v) is 4.00. The third-order valence-corrected chi connectivity index (χ3v) is 0.543. The van der Waals surface area contributed by atoms with Gasteiger partial charge in [0.1, 0.15) is 6.67 Å². The van der Waals surface area contributed by atoms with E-state index >= 15 is 0 Å². The molecule has 0 radical (unpaired) electrons. The van der Waals surface area contributed by atoms with Gasteiger partial charge in [-0.25, -0.2) is 10.1 Å². The maximum absolute atomic E-state index is 9.58. The van der Waals surface area contributed by atoms with E-state index < -0.39 is 5.03 Å². The predicted octanol–water partition coefficient (Wildman–Crippen LogP) is -0.974. The molecule has 0 fully saturated rings. The zero-order valence-electron chi connectivity index (χ0n) is 4.00. The van der Waals surface area contributed by atoms with Gasteiger partial charge in [-0.2, -0.15) is 0 Å². The smallest absolute Gasteiger partial charge is 0.161 e. The Balaban J connectivity index is 3.34. The van der Waals surface area contributed by atoms with Crippen molar-refractivity contribution in [1.29, 1.82) is 0 Å². The van der Waals surface area contributed by atoms with Crippen molar-refractivity contribution in [3.8, 4) is 0 Å². The van der Waals surface area contributed by atoms with Crippen molar-refractivity contribution in [3.63, 3.8) is 0 Å². The average molecular weight is 105 g/mol. The molecule has 0 aromatic carbocycles. The first kappa shape index (κ1) is 6.16. The van der Waals surface area contributed by atoms with Gasteiger partial charge in [-0.3, -0.25) is 0 Å². The van der Waals surface area contributed by atoms with Gasteiger partial charge in [-0.05, 0) is 0 Å². The van der Waals surface area contributed by atoms with E-state index in [9.17, 15) is 10.1 Å². The summed E-state index contributed by atoms with van der Waals surface area (Å²) in [5.74, 6) is 0. The number of hydrogen-bond acceptors (Lipinski definition) is 3. The van der Waals surface area contributed by atoms with Crippen LogP contribution in [0.15, 0.2) is 0 Å². The Bertz CT molecular complexity index is 73.3. The minimum Gasteiger partial charge on any atom is -0.309 e. The molecule has 5 heteroatoms. The third kappa shape index (κ3) is 1.94. The second kappa shape index (κ2) is 2.35. The molecular weight excluding hydrogens is 98.0 g/mol. The molecule has 0 aliphatic carbocycles. The van der Waals surface area contributed by atoms with E-state index in [4.69, 9.17) is 5.73 Å². The molecule has 0 rings (SSSR count). The normalized spacial score (nSPS) is 8.29. The van der Waals surface area contributed by atoms with Crippen LogP contribution in [0.1, 0.15) is 0 Å². The van der Waals surface area contributed by atoms with Crippen molar-refractivity contribution < 1.29 is 5.03 Å². The first-order chi connectivity index (χ1) is 3.18. The number of hydrazine groups is 1. The lowest BCUT2D eigenvalue weighted by atomic mass is 11.0. The Labute approximate surface area is 40.8 Å². The molecule has 0 saturated carbocycles. The monoisotopic (exact) mass is 105 g/mol. The van der Waals surface area contributed by atoms with Crippen LogP contribution in [-0.4, -0.2) is 23.8 Å². The van der Waals surface area contributed by atoms with E-state index in [2.05, 4.69) is 0 Å². The van der Waals surface area contributed by atoms with Crippen LogP contribution in [0.3, 0.4) is 0 Å². The average Bonchev–Trinajstić information content (AvgIpc) is 1.65. The van der Waals surface area contributed by atoms with Crippen LogP contribution < -0.4 is 5.73 Å². The maximum Gasteiger partial charge on any atom is 0.161 e. The largest absolute Gasteiger partial charge is 0.309 e. The molecule has 2 N–H and O–H groups in total. The standard InChI is InChI=1S/C2H7N3O2/c1-4(2-3)5(6)7/h2-3H2,1H3. The first-order valence-corrected chi connectivity index (χ1v) is 1.74. The number of rotatable bonds is 2. The lowest BCUT2D eigenvalue weighted by molar-refractivity contribution is -0.648. The highest BCUT2D eigenvalue weighted by atomic mass is 16.7. The molecule has 5 nitrogen and oxygen atoms in total. The van der Waals surface area contributed by atoms with Gasteiger partial charge in [0.2, 0.25) is 0 Å². The van der Waals surface area contributed by atoms with Crippen LogP contribution in [0.4, 0.5) is 0 Å². The summed E-state index contributed by atoms with van der Waals surface area (Å²) < 4.78 is 0. The van der Waals surface area contributed by atoms with Crippen LogP contribution in [0.5, 0.6) is 0 Å². The molecular formula is C2H7N3O2. The van der Waals surface area contributed by atoms with Crippen molar-refractivity contribution in [2.75, 3.05) is 13.7 Å². The lowest BCUT2D eigenvalue weighted by Crippen LogP contribution is -2.30. The van der Waals surface area contributed by atoms with Gasteiger partial charge >= 0.3 is 0 Å². The summed E-state index contributed by atoms with van der Waals surface area (Å²) in [4.78, 5) is 9.58. The summed E-state index contributed by atoms with van der Waals surface area (Å²) >= 11 is 0. The van der Waals surface area contributed by atoms with E-state index in [0.717, 1.165) is 5.01 Å². The first-order valence-electron chi connectivity index (χ1n) is 1.74. The Morgan fingerprint density at radius 3 is 2.43 bits per heavy atom. The van der Waals surface area contributed by atoms with Crippen molar-refractivity contribution >= 4 is 0 Å². The quantitative estimate of drug-likeness (QED) is 0.278. The van der Waals surface area contributed by atoms with Crippen molar-refractivity contribution in [1.82, 2.24) is 5.01 Å². The SMILES string of the molecule is CN(CN)[N+](=O)[O-].